The minimum atomic E-state index is -1.03. The van der Waals surface area contributed by atoms with Crippen LogP contribution in [0.4, 0.5) is 0 Å². The van der Waals surface area contributed by atoms with Crippen molar-refractivity contribution in [1.82, 2.24) is 15.1 Å². The van der Waals surface area contributed by atoms with E-state index < -0.39 is 5.97 Å². The number of carbonyl (C=O) groups excluding carboxylic acids is 1. The smallest absolute Gasteiger partial charge is 0.345 e. The number of hydrogen-bond acceptors (Lipinski definition) is 5. The maximum atomic E-state index is 12.2. The minimum Gasteiger partial charge on any atom is -0.477 e. The lowest BCUT2D eigenvalue weighted by atomic mass is 10.3. The number of carboxylic acid groups (broad SMARTS) is 1. The first kappa shape index (κ1) is 15.2. The van der Waals surface area contributed by atoms with E-state index in [-0.39, 0.29) is 10.8 Å². The minimum absolute atomic E-state index is 0.149. The molecule has 0 radical (unpaired) electrons. The third-order valence-electron chi connectivity index (χ3n) is 2.76. The largest absolute Gasteiger partial charge is 0.477 e. The molecule has 0 aliphatic heterocycles. The number of thiophene rings is 1. The second-order valence-corrected chi connectivity index (χ2v) is 5.53. The van der Waals surface area contributed by atoms with Crippen LogP contribution < -0.4 is 0 Å². The molecule has 2 rings (SSSR count). The highest BCUT2D eigenvalue weighted by molar-refractivity contribution is 7.15. The average molecular weight is 309 g/mol. The van der Waals surface area contributed by atoms with E-state index in [2.05, 4.69) is 10.2 Å². The highest BCUT2D eigenvalue weighted by Crippen LogP contribution is 2.18. The van der Waals surface area contributed by atoms with Crippen LogP contribution >= 0.6 is 11.3 Å². The Bertz CT molecular complexity index is 649. The molecule has 0 saturated heterocycles. The Morgan fingerprint density at radius 2 is 2.14 bits per heavy atom. The molecule has 2 aromatic rings. The summed E-state index contributed by atoms with van der Waals surface area (Å²) in [6.45, 7) is 0.761. The summed E-state index contributed by atoms with van der Waals surface area (Å²) in [5, 5.41) is 15.8. The van der Waals surface area contributed by atoms with Crippen molar-refractivity contribution >= 4 is 23.2 Å². The normalized spacial score (nSPS) is 10.6. The highest BCUT2D eigenvalue weighted by atomic mass is 32.1. The van der Waals surface area contributed by atoms with Crippen molar-refractivity contribution in [2.24, 2.45) is 0 Å². The number of aromatic nitrogens is 2. The monoisotopic (exact) mass is 309 g/mol. The van der Waals surface area contributed by atoms with Crippen LogP contribution in [0.3, 0.4) is 0 Å². The Morgan fingerprint density at radius 3 is 2.76 bits per heavy atom. The van der Waals surface area contributed by atoms with Crippen LogP contribution in [0.15, 0.2) is 18.2 Å². The predicted molar refractivity (Wildman–Crippen MR) is 76.4 cm³/mol. The van der Waals surface area contributed by atoms with Gasteiger partial charge in [-0.1, -0.05) is 0 Å². The summed E-state index contributed by atoms with van der Waals surface area (Å²) in [4.78, 5) is 25.1. The first-order valence-electron chi connectivity index (χ1n) is 6.12. The molecule has 0 atom stereocenters. The number of methoxy groups -OCH3 is 1. The predicted octanol–water partition coefficient (Wildman–Crippen LogP) is 1.59. The zero-order chi connectivity index (χ0) is 15.4. The van der Waals surface area contributed by atoms with Crippen molar-refractivity contribution in [3.8, 4) is 0 Å². The van der Waals surface area contributed by atoms with E-state index in [1.165, 1.54) is 17.0 Å². The summed E-state index contributed by atoms with van der Waals surface area (Å²) in [6.07, 6.45) is 0. The lowest BCUT2D eigenvalue weighted by Crippen LogP contribution is -2.25. The molecule has 0 bridgehead atoms. The summed E-state index contributed by atoms with van der Waals surface area (Å²) in [7, 11) is 3.24. The summed E-state index contributed by atoms with van der Waals surface area (Å²) in [6, 6.07) is 4.78. The zero-order valence-corrected chi connectivity index (χ0v) is 12.4. The van der Waals surface area contributed by atoms with Gasteiger partial charge in [-0.2, -0.15) is 5.10 Å². The van der Waals surface area contributed by atoms with E-state index in [9.17, 15) is 9.59 Å². The molecule has 112 valence electrons. The zero-order valence-electron chi connectivity index (χ0n) is 11.6. The molecule has 0 saturated carbocycles. The van der Waals surface area contributed by atoms with Crippen LogP contribution in [0.2, 0.25) is 0 Å². The SMILES string of the molecule is COCc1cc(CN(C)C(=O)c2ccc(C(=O)O)s2)[nH]n1. The van der Waals surface area contributed by atoms with Gasteiger partial charge < -0.3 is 14.7 Å². The van der Waals surface area contributed by atoms with Gasteiger partial charge in [0.25, 0.3) is 5.91 Å². The Balaban J connectivity index is 2.02. The van der Waals surface area contributed by atoms with Gasteiger partial charge in [-0.15, -0.1) is 11.3 Å². The van der Waals surface area contributed by atoms with Crippen molar-refractivity contribution in [2.45, 2.75) is 13.2 Å². The van der Waals surface area contributed by atoms with Crippen molar-refractivity contribution < 1.29 is 19.4 Å². The second-order valence-electron chi connectivity index (χ2n) is 4.45. The number of rotatable bonds is 6. The maximum Gasteiger partial charge on any atom is 0.345 e. The molecule has 21 heavy (non-hydrogen) atoms. The van der Waals surface area contributed by atoms with Crippen molar-refractivity contribution in [2.75, 3.05) is 14.2 Å². The maximum absolute atomic E-state index is 12.2. The van der Waals surface area contributed by atoms with Crippen LogP contribution in [-0.2, 0) is 17.9 Å². The van der Waals surface area contributed by atoms with Gasteiger partial charge >= 0.3 is 5.97 Å². The van der Waals surface area contributed by atoms with Crippen LogP contribution in [0.25, 0.3) is 0 Å². The molecule has 0 aromatic carbocycles. The van der Waals surface area contributed by atoms with Gasteiger partial charge in [-0.3, -0.25) is 9.89 Å². The third-order valence-corrected chi connectivity index (χ3v) is 3.82. The molecule has 0 spiro atoms. The first-order valence-corrected chi connectivity index (χ1v) is 6.93. The fraction of sp³-hybridized carbons (Fsp3) is 0.308. The molecule has 2 aromatic heterocycles. The summed E-state index contributed by atoms with van der Waals surface area (Å²) in [5.74, 6) is -1.25. The number of carboxylic acids is 1. The lowest BCUT2D eigenvalue weighted by molar-refractivity contribution is 0.0701. The van der Waals surface area contributed by atoms with Crippen molar-refractivity contribution in [1.29, 1.82) is 0 Å². The van der Waals surface area contributed by atoms with Crippen LogP contribution in [0, 0.1) is 0 Å². The quantitative estimate of drug-likeness (QED) is 0.845. The summed E-state index contributed by atoms with van der Waals surface area (Å²) < 4.78 is 4.97. The number of H-pyrrole nitrogens is 1. The Morgan fingerprint density at radius 1 is 1.43 bits per heavy atom. The van der Waals surface area contributed by atoms with Crippen molar-refractivity contribution in [3.05, 3.63) is 39.3 Å². The molecule has 0 fully saturated rings. The molecule has 1 amide bonds. The number of nitrogens with one attached hydrogen (secondary N) is 1. The number of ether oxygens (including phenoxy) is 1. The number of carbonyl (C=O) groups is 2. The lowest BCUT2D eigenvalue weighted by Gasteiger charge is -2.14. The molecule has 0 unspecified atom stereocenters. The summed E-state index contributed by atoms with van der Waals surface area (Å²) >= 11 is 0.965. The average Bonchev–Trinajstić information content (AvgIpc) is 3.07. The highest BCUT2D eigenvalue weighted by Gasteiger charge is 2.17. The molecular formula is C13H15N3O4S. The Hall–Kier alpha value is -2.19. The van der Waals surface area contributed by atoms with Crippen molar-refractivity contribution in [3.63, 3.8) is 0 Å². The van der Waals surface area contributed by atoms with Gasteiger partial charge in [0.05, 0.1) is 29.4 Å². The van der Waals surface area contributed by atoms with Gasteiger partial charge in [0.15, 0.2) is 0 Å². The first-order chi connectivity index (χ1) is 10.0. The molecule has 0 aliphatic rings. The topological polar surface area (TPSA) is 95.5 Å². The van der Waals surface area contributed by atoms with Crippen LogP contribution in [0.5, 0.6) is 0 Å². The number of aromatic amines is 1. The van der Waals surface area contributed by atoms with E-state index in [1.807, 2.05) is 6.07 Å². The fourth-order valence-electron chi connectivity index (χ4n) is 1.80. The molecular weight excluding hydrogens is 294 g/mol. The van der Waals surface area contributed by atoms with Gasteiger partial charge in [0, 0.05) is 14.2 Å². The second kappa shape index (κ2) is 6.51. The summed E-state index contributed by atoms with van der Waals surface area (Å²) in [5.41, 5.74) is 1.55. The standard InChI is InChI=1S/C13H15N3O4S/c1-16(6-8-5-9(7-20-2)15-14-8)12(17)10-3-4-11(21-10)13(18)19/h3-5H,6-7H2,1-2H3,(H,14,15)(H,18,19). The van der Waals surface area contributed by atoms with E-state index in [0.29, 0.717) is 18.0 Å². The number of aromatic carboxylic acids is 1. The van der Waals surface area contributed by atoms with E-state index >= 15 is 0 Å². The van der Waals surface area contributed by atoms with E-state index in [4.69, 9.17) is 9.84 Å². The van der Waals surface area contributed by atoms with Gasteiger partial charge in [-0.25, -0.2) is 4.79 Å². The van der Waals surface area contributed by atoms with Gasteiger partial charge in [0.2, 0.25) is 0 Å². The number of amides is 1. The molecule has 7 nitrogen and oxygen atoms in total. The Labute approximate surface area is 125 Å². The van der Waals surface area contributed by atoms with E-state index in [0.717, 1.165) is 22.7 Å². The number of hydrogen-bond donors (Lipinski definition) is 2. The molecule has 2 N–H and O–H groups in total. The van der Waals surface area contributed by atoms with E-state index in [1.54, 1.807) is 14.2 Å². The molecule has 8 heteroatoms. The van der Waals surface area contributed by atoms with Gasteiger partial charge in [-0.05, 0) is 18.2 Å². The molecule has 2 heterocycles. The fourth-order valence-corrected chi connectivity index (χ4v) is 2.63. The molecule has 0 aliphatic carbocycles. The van der Waals surface area contributed by atoms with Crippen LogP contribution in [0.1, 0.15) is 30.7 Å². The van der Waals surface area contributed by atoms with Gasteiger partial charge in [0.1, 0.15) is 4.88 Å². The number of nitrogens with zero attached hydrogens (tertiary/aromatic N) is 2. The van der Waals surface area contributed by atoms with Crippen LogP contribution in [-0.4, -0.2) is 46.2 Å². The third kappa shape index (κ3) is 3.67. The Kier molecular flexibility index (Phi) is 4.71.